The van der Waals surface area contributed by atoms with Crippen molar-refractivity contribution in [2.75, 3.05) is 14.2 Å². The normalized spacial score (nSPS) is 11.8. The molecule has 0 fully saturated rings. The van der Waals surface area contributed by atoms with Crippen LogP contribution in [0.1, 0.15) is 45.1 Å². The van der Waals surface area contributed by atoms with Gasteiger partial charge >= 0.3 is 5.97 Å². The number of ether oxygens (including phenoxy) is 1. The number of carbonyl (C=O) groups excluding carboxylic acids is 2. The zero-order valence-corrected chi connectivity index (χ0v) is 12.2. The minimum absolute atomic E-state index is 0.0932. The van der Waals surface area contributed by atoms with Crippen molar-refractivity contribution in [1.29, 1.82) is 0 Å². The fourth-order valence-corrected chi connectivity index (χ4v) is 2.12. The molecule has 21 heavy (non-hydrogen) atoms. The van der Waals surface area contributed by atoms with E-state index in [4.69, 9.17) is 9.15 Å². The van der Waals surface area contributed by atoms with E-state index >= 15 is 0 Å². The molecule has 1 atom stereocenters. The van der Waals surface area contributed by atoms with Crippen molar-refractivity contribution < 1.29 is 18.7 Å². The van der Waals surface area contributed by atoms with E-state index in [-0.39, 0.29) is 23.1 Å². The average molecular weight is 287 g/mol. The first kappa shape index (κ1) is 14.8. The molecule has 0 spiro atoms. The minimum Gasteiger partial charge on any atom is -0.465 e. The summed E-state index contributed by atoms with van der Waals surface area (Å²) in [5.74, 6) is -0.556. The maximum atomic E-state index is 11.9. The quantitative estimate of drug-likeness (QED) is 0.878. The number of rotatable bonds is 4. The van der Waals surface area contributed by atoms with Gasteiger partial charge in [-0.3, -0.25) is 4.79 Å². The van der Waals surface area contributed by atoms with Crippen LogP contribution in [0.25, 0.3) is 0 Å². The molecule has 2 aromatic rings. The van der Waals surface area contributed by atoms with Crippen molar-refractivity contribution in [2.24, 2.45) is 0 Å². The lowest BCUT2D eigenvalue weighted by Gasteiger charge is -2.10. The van der Waals surface area contributed by atoms with E-state index in [1.807, 2.05) is 37.3 Å². The Labute approximate surface area is 122 Å². The van der Waals surface area contributed by atoms with Crippen LogP contribution in [0.5, 0.6) is 0 Å². The Morgan fingerprint density at radius 3 is 2.48 bits per heavy atom. The number of benzene rings is 1. The fraction of sp³-hybridized carbons (Fsp3) is 0.250. The number of hydrogen-bond donors (Lipinski definition) is 1. The SMILES string of the molecule is CNC(=O)c1cc(C(=O)OC)c(C(C)c2ccccc2)o1. The highest BCUT2D eigenvalue weighted by molar-refractivity contribution is 5.97. The molecule has 0 saturated carbocycles. The van der Waals surface area contributed by atoms with Crippen molar-refractivity contribution >= 4 is 11.9 Å². The Morgan fingerprint density at radius 1 is 1.24 bits per heavy atom. The molecule has 0 aliphatic rings. The van der Waals surface area contributed by atoms with Crippen molar-refractivity contribution in [3.63, 3.8) is 0 Å². The van der Waals surface area contributed by atoms with E-state index in [9.17, 15) is 9.59 Å². The summed E-state index contributed by atoms with van der Waals surface area (Å²) in [4.78, 5) is 23.6. The number of nitrogens with one attached hydrogen (secondary N) is 1. The monoisotopic (exact) mass is 287 g/mol. The van der Waals surface area contributed by atoms with Crippen LogP contribution >= 0.6 is 0 Å². The number of furan rings is 1. The van der Waals surface area contributed by atoms with E-state index in [0.717, 1.165) is 5.56 Å². The van der Waals surface area contributed by atoms with Crippen LogP contribution in [0.4, 0.5) is 0 Å². The van der Waals surface area contributed by atoms with Crippen LogP contribution < -0.4 is 5.32 Å². The van der Waals surface area contributed by atoms with Crippen molar-refractivity contribution in [3.05, 3.63) is 59.0 Å². The van der Waals surface area contributed by atoms with Crippen LogP contribution in [0.3, 0.4) is 0 Å². The van der Waals surface area contributed by atoms with Gasteiger partial charge in [0.2, 0.25) is 0 Å². The first-order chi connectivity index (χ1) is 10.1. The summed E-state index contributed by atoms with van der Waals surface area (Å²) in [6.45, 7) is 1.91. The predicted octanol–water partition coefficient (Wildman–Crippen LogP) is 2.58. The molecule has 0 radical (unpaired) electrons. The highest BCUT2D eigenvalue weighted by Gasteiger charge is 2.25. The predicted molar refractivity (Wildman–Crippen MR) is 77.4 cm³/mol. The Hall–Kier alpha value is -2.56. The van der Waals surface area contributed by atoms with Gasteiger partial charge in [-0.05, 0) is 5.56 Å². The van der Waals surface area contributed by atoms with Gasteiger partial charge in [0.25, 0.3) is 5.91 Å². The van der Waals surface area contributed by atoms with Crippen LogP contribution in [0, 0.1) is 0 Å². The Morgan fingerprint density at radius 2 is 1.90 bits per heavy atom. The lowest BCUT2D eigenvalue weighted by molar-refractivity contribution is 0.0597. The van der Waals surface area contributed by atoms with Crippen LogP contribution in [0.2, 0.25) is 0 Å². The Bertz CT molecular complexity index is 646. The summed E-state index contributed by atoms with van der Waals surface area (Å²) in [5, 5.41) is 2.47. The largest absolute Gasteiger partial charge is 0.465 e. The van der Waals surface area contributed by atoms with Gasteiger partial charge < -0.3 is 14.5 Å². The molecule has 1 N–H and O–H groups in total. The lowest BCUT2D eigenvalue weighted by atomic mass is 9.96. The minimum atomic E-state index is -0.522. The van der Waals surface area contributed by atoms with E-state index in [0.29, 0.717) is 5.76 Å². The summed E-state index contributed by atoms with van der Waals surface area (Å²) in [6, 6.07) is 11.0. The fourth-order valence-electron chi connectivity index (χ4n) is 2.12. The van der Waals surface area contributed by atoms with Gasteiger partial charge in [0, 0.05) is 19.0 Å². The molecule has 1 aromatic carbocycles. The molecule has 0 aliphatic heterocycles. The summed E-state index contributed by atoms with van der Waals surface area (Å²) < 4.78 is 10.4. The molecule has 1 aromatic heterocycles. The second-order valence-electron chi connectivity index (χ2n) is 4.59. The molecule has 5 heteroatoms. The van der Waals surface area contributed by atoms with E-state index in [1.165, 1.54) is 20.2 Å². The van der Waals surface area contributed by atoms with Crippen LogP contribution in [0.15, 0.2) is 40.8 Å². The van der Waals surface area contributed by atoms with Crippen molar-refractivity contribution in [2.45, 2.75) is 12.8 Å². The van der Waals surface area contributed by atoms with Crippen LogP contribution in [-0.2, 0) is 4.74 Å². The second-order valence-corrected chi connectivity index (χ2v) is 4.59. The number of carbonyl (C=O) groups is 2. The van der Waals surface area contributed by atoms with Gasteiger partial charge in [-0.2, -0.15) is 0 Å². The zero-order valence-electron chi connectivity index (χ0n) is 12.2. The standard InChI is InChI=1S/C16H17NO4/c1-10(11-7-5-4-6-8-11)14-12(16(19)20-3)9-13(21-14)15(18)17-2/h4-10H,1-3H3,(H,17,18). The van der Waals surface area contributed by atoms with Crippen molar-refractivity contribution in [3.8, 4) is 0 Å². The third kappa shape index (κ3) is 2.97. The topological polar surface area (TPSA) is 68.5 Å². The Kier molecular flexibility index (Phi) is 4.42. The molecule has 0 saturated heterocycles. The molecule has 5 nitrogen and oxygen atoms in total. The van der Waals surface area contributed by atoms with Crippen LogP contribution in [-0.4, -0.2) is 26.0 Å². The zero-order chi connectivity index (χ0) is 15.4. The number of amides is 1. The van der Waals surface area contributed by atoms with Gasteiger partial charge in [0.1, 0.15) is 11.3 Å². The summed E-state index contributed by atoms with van der Waals surface area (Å²) in [6.07, 6.45) is 0. The van der Waals surface area contributed by atoms with E-state index in [2.05, 4.69) is 5.32 Å². The molecular formula is C16H17NO4. The van der Waals surface area contributed by atoms with Gasteiger partial charge in [-0.1, -0.05) is 37.3 Å². The molecule has 0 bridgehead atoms. The molecule has 1 heterocycles. The highest BCUT2D eigenvalue weighted by Crippen LogP contribution is 2.30. The third-order valence-electron chi connectivity index (χ3n) is 3.31. The molecule has 0 aliphatic carbocycles. The number of methoxy groups -OCH3 is 1. The van der Waals surface area contributed by atoms with Gasteiger partial charge in [0.15, 0.2) is 5.76 Å². The average Bonchev–Trinajstić information content (AvgIpc) is 2.98. The van der Waals surface area contributed by atoms with Crippen molar-refractivity contribution in [1.82, 2.24) is 5.32 Å². The van der Waals surface area contributed by atoms with Gasteiger partial charge in [-0.15, -0.1) is 0 Å². The molecule has 110 valence electrons. The molecule has 1 amide bonds. The number of esters is 1. The van der Waals surface area contributed by atoms with Gasteiger partial charge in [-0.25, -0.2) is 4.79 Å². The third-order valence-corrected chi connectivity index (χ3v) is 3.31. The first-order valence-corrected chi connectivity index (χ1v) is 6.57. The molecular weight excluding hydrogens is 270 g/mol. The summed E-state index contributed by atoms with van der Waals surface area (Å²) >= 11 is 0. The second kappa shape index (κ2) is 6.26. The molecule has 2 rings (SSSR count). The van der Waals surface area contributed by atoms with E-state index in [1.54, 1.807) is 0 Å². The first-order valence-electron chi connectivity index (χ1n) is 6.57. The smallest absolute Gasteiger partial charge is 0.341 e. The lowest BCUT2D eigenvalue weighted by Crippen LogP contribution is -2.16. The summed E-state index contributed by atoms with van der Waals surface area (Å²) in [7, 11) is 2.80. The number of hydrogen-bond acceptors (Lipinski definition) is 4. The maximum absolute atomic E-state index is 11.9. The maximum Gasteiger partial charge on any atom is 0.341 e. The highest BCUT2D eigenvalue weighted by atomic mass is 16.5. The van der Waals surface area contributed by atoms with E-state index < -0.39 is 5.97 Å². The summed E-state index contributed by atoms with van der Waals surface area (Å²) in [5.41, 5.74) is 1.26. The molecule has 1 unspecified atom stereocenters. The Balaban J connectivity index is 2.48. The van der Waals surface area contributed by atoms with Gasteiger partial charge in [0.05, 0.1) is 7.11 Å².